The van der Waals surface area contributed by atoms with Crippen LogP contribution in [0.15, 0.2) is 173 Å². The van der Waals surface area contributed by atoms with Gasteiger partial charge < -0.3 is 18.1 Å². The molecule has 5 heteroatoms. The van der Waals surface area contributed by atoms with Crippen molar-refractivity contribution in [3.05, 3.63) is 174 Å². The minimum absolute atomic E-state index is 0.0494. The van der Waals surface area contributed by atoms with E-state index in [0.717, 1.165) is 38.9 Å². The molecular formula is C45H27N3O2. The first kappa shape index (κ1) is 27.1. The second-order valence-corrected chi connectivity index (χ2v) is 12.9. The molecular weight excluding hydrogens is 615 g/mol. The lowest BCUT2D eigenvalue weighted by molar-refractivity contribution is 0.602. The lowest BCUT2D eigenvalue weighted by Crippen LogP contribution is -2.00. The fourth-order valence-electron chi connectivity index (χ4n) is 8.17. The van der Waals surface area contributed by atoms with Crippen LogP contribution in [0.2, 0.25) is 0 Å². The monoisotopic (exact) mass is 641 g/mol. The third kappa shape index (κ3) is 3.69. The van der Waals surface area contributed by atoms with E-state index >= 15 is 0 Å². The van der Waals surface area contributed by atoms with Crippen molar-refractivity contribution in [2.45, 2.75) is 0 Å². The molecule has 7 aromatic carbocycles. The van der Waals surface area contributed by atoms with Gasteiger partial charge in [0.25, 0.3) is 0 Å². The Balaban J connectivity index is 1.24. The van der Waals surface area contributed by atoms with E-state index in [1.165, 1.54) is 55.9 Å². The van der Waals surface area contributed by atoms with Gasteiger partial charge >= 0.3 is 0 Å². The van der Waals surface area contributed by atoms with Crippen molar-refractivity contribution in [2.75, 3.05) is 0 Å². The zero-order valence-electron chi connectivity index (χ0n) is 26.7. The molecule has 0 unspecified atom stereocenters. The van der Waals surface area contributed by atoms with E-state index in [2.05, 4.69) is 147 Å². The highest BCUT2D eigenvalue weighted by Crippen LogP contribution is 2.39. The van der Waals surface area contributed by atoms with E-state index in [4.69, 9.17) is 4.42 Å². The maximum Gasteiger partial charge on any atom is 0.192 e. The Morgan fingerprint density at radius 1 is 0.340 bits per heavy atom. The van der Waals surface area contributed by atoms with Gasteiger partial charge in [0.05, 0.1) is 44.7 Å². The molecule has 11 aromatic rings. The summed E-state index contributed by atoms with van der Waals surface area (Å²) in [6.07, 6.45) is 1.47. The highest BCUT2D eigenvalue weighted by Gasteiger charge is 2.19. The second kappa shape index (κ2) is 10.1. The van der Waals surface area contributed by atoms with Crippen LogP contribution in [-0.4, -0.2) is 13.7 Å². The average molecular weight is 642 g/mol. The summed E-state index contributed by atoms with van der Waals surface area (Å²) in [7, 11) is 0. The molecule has 5 nitrogen and oxygen atoms in total. The molecule has 0 bridgehead atoms. The Hall–Kier alpha value is -6.85. The van der Waals surface area contributed by atoms with Crippen molar-refractivity contribution in [2.24, 2.45) is 0 Å². The highest BCUT2D eigenvalue weighted by atomic mass is 16.3. The van der Waals surface area contributed by atoms with E-state index in [9.17, 15) is 4.79 Å². The van der Waals surface area contributed by atoms with Crippen LogP contribution >= 0.6 is 0 Å². The molecule has 0 aliphatic rings. The Morgan fingerprint density at radius 2 is 0.720 bits per heavy atom. The van der Waals surface area contributed by atoms with Crippen LogP contribution in [0.3, 0.4) is 0 Å². The number of nitrogens with zero attached hydrogens (tertiary/aromatic N) is 3. The molecule has 0 atom stereocenters. The maximum atomic E-state index is 12.6. The van der Waals surface area contributed by atoms with Gasteiger partial charge in [0, 0.05) is 61.5 Å². The summed E-state index contributed by atoms with van der Waals surface area (Å²) in [4.78, 5) is 12.6. The van der Waals surface area contributed by atoms with Crippen molar-refractivity contribution < 1.29 is 4.42 Å². The standard InChI is InChI=1S/C45H27N3O2/c49-44-23-24-50-45-27-30(17-20-35(44)45)48-42-21-18-28(46-38-13-5-1-9-31(38)32-10-2-6-14-39(32)46)25-36(42)37-26-29(19-22-43(37)48)47-40-15-7-3-11-33(40)34-12-4-8-16-41(34)47/h1-27H. The number of aromatic nitrogens is 3. The van der Waals surface area contributed by atoms with E-state index in [0.29, 0.717) is 11.0 Å². The Morgan fingerprint density at radius 3 is 1.18 bits per heavy atom. The average Bonchev–Trinajstić information content (AvgIpc) is 3.80. The van der Waals surface area contributed by atoms with Gasteiger partial charge in [-0.3, -0.25) is 4.79 Å². The molecule has 0 spiro atoms. The normalized spacial score (nSPS) is 12.1. The molecule has 0 aliphatic carbocycles. The van der Waals surface area contributed by atoms with Crippen molar-refractivity contribution in [3.8, 4) is 17.1 Å². The van der Waals surface area contributed by atoms with Crippen LogP contribution in [-0.2, 0) is 0 Å². The molecule has 0 radical (unpaired) electrons. The molecule has 11 rings (SSSR count). The summed E-state index contributed by atoms with van der Waals surface area (Å²) in [6.45, 7) is 0. The van der Waals surface area contributed by atoms with Crippen molar-refractivity contribution in [3.63, 3.8) is 0 Å². The van der Waals surface area contributed by atoms with E-state index in [1.54, 1.807) is 0 Å². The van der Waals surface area contributed by atoms with E-state index < -0.39 is 0 Å². The van der Waals surface area contributed by atoms with Gasteiger partial charge in [0.1, 0.15) is 5.58 Å². The fourth-order valence-corrected chi connectivity index (χ4v) is 8.17. The lowest BCUT2D eigenvalue weighted by Gasteiger charge is -2.11. The number of rotatable bonds is 3. The van der Waals surface area contributed by atoms with Crippen molar-refractivity contribution in [1.82, 2.24) is 13.7 Å². The number of hydrogen-bond donors (Lipinski definition) is 0. The number of benzene rings is 7. The number of fused-ring (bicyclic) bond motifs is 10. The van der Waals surface area contributed by atoms with Crippen molar-refractivity contribution in [1.29, 1.82) is 0 Å². The Kier molecular flexibility index (Phi) is 5.47. The number of para-hydroxylation sites is 4. The fraction of sp³-hybridized carbons (Fsp3) is 0. The molecule has 50 heavy (non-hydrogen) atoms. The quantitative estimate of drug-likeness (QED) is 0.193. The zero-order valence-corrected chi connectivity index (χ0v) is 26.7. The van der Waals surface area contributed by atoms with Gasteiger partial charge in [0.15, 0.2) is 5.43 Å². The molecule has 0 amide bonds. The summed E-state index contributed by atoms with van der Waals surface area (Å²) in [6, 6.07) is 55.3. The van der Waals surface area contributed by atoms with Crippen LogP contribution in [0.1, 0.15) is 0 Å². The molecule has 0 fully saturated rings. The van der Waals surface area contributed by atoms with Crippen molar-refractivity contribution >= 4 is 76.4 Å². The van der Waals surface area contributed by atoms with E-state index in [1.807, 2.05) is 18.2 Å². The zero-order chi connectivity index (χ0) is 32.9. The molecule has 0 N–H and O–H groups in total. The minimum atomic E-state index is -0.0494. The smallest absolute Gasteiger partial charge is 0.192 e. The van der Waals surface area contributed by atoms with Gasteiger partial charge in [-0.2, -0.15) is 0 Å². The lowest BCUT2D eigenvalue weighted by atomic mass is 10.1. The first-order valence-corrected chi connectivity index (χ1v) is 16.8. The largest absolute Gasteiger partial charge is 0.464 e. The van der Waals surface area contributed by atoms with Crippen LogP contribution in [0.5, 0.6) is 0 Å². The summed E-state index contributed by atoms with van der Waals surface area (Å²) in [5, 5.41) is 7.77. The predicted octanol–water partition coefficient (Wildman–Crippen LogP) is 11.1. The van der Waals surface area contributed by atoms with Gasteiger partial charge in [-0.05, 0) is 72.8 Å². The second-order valence-electron chi connectivity index (χ2n) is 12.9. The van der Waals surface area contributed by atoms with Crippen LogP contribution < -0.4 is 5.43 Å². The molecule has 234 valence electrons. The summed E-state index contributed by atoms with van der Waals surface area (Å²) in [5.41, 5.74) is 10.5. The van der Waals surface area contributed by atoms with Gasteiger partial charge in [-0.25, -0.2) is 0 Å². The van der Waals surface area contributed by atoms with Gasteiger partial charge in [-0.1, -0.05) is 72.8 Å². The Bertz CT molecular complexity index is 2970. The van der Waals surface area contributed by atoms with Gasteiger partial charge in [-0.15, -0.1) is 0 Å². The third-order valence-corrected chi connectivity index (χ3v) is 10.3. The summed E-state index contributed by atoms with van der Waals surface area (Å²) in [5.74, 6) is 0. The topological polar surface area (TPSA) is 45.0 Å². The van der Waals surface area contributed by atoms with Gasteiger partial charge in [0.2, 0.25) is 0 Å². The minimum Gasteiger partial charge on any atom is -0.464 e. The molecule has 4 aromatic heterocycles. The number of hydrogen-bond acceptors (Lipinski definition) is 2. The predicted molar refractivity (Wildman–Crippen MR) is 206 cm³/mol. The van der Waals surface area contributed by atoms with Crippen LogP contribution in [0, 0.1) is 0 Å². The summed E-state index contributed by atoms with van der Waals surface area (Å²) < 4.78 is 12.9. The Labute approximate surface area is 285 Å². The van der Waals surface area contributed by atoms with Crippen LogP contribution in [0.25, 0.3) is 93.4 Å². The third-order valence-electron chi connectivity index (χ3n) is 10.3. The molecule has 4 heterocycles. The van der Waals surface area contributed by atoms with E-state index in [-0.39, 0.29) is 5.43 Å². The molecule has 0 aliphatic heterocycles. The maximum absolute atomic E-state index is 12.6. The first-order valence-electron chi connectivity index (χ1n) is 16.8. The summed E-state index contributed by atoms with van der Waals surface area (Å²) >= 11 is 0. The SMILES string of the molecule is O=c1ccoc2cc(-n3c4ccc(-n5c6ccccc6c6ccccc65)cc4c4cc(-n5c6ccccc6c6ccccc65)ccc43)ccc12. The highest BCUT2D eigenvalue weighted by molar-refractivity contribution is 6.14. The first-order chi connectivity index (χ1) is 24.7. The molecule has 0 saturated carbocycles. The van der Waals surface area contributed by atoms with Crippen LogP contribution in [0.4, 0.5) is 0 Å². The molecule has 0 saturated heterocycles.